The number of rotatable bonds is 6. The number of benzene rings is 3. The minimum Gasteiger partial charge on any atom is -0.371 e. The molecule has 0 spiro atoms. The third kappa shape index (κ3) is 5.53. The van der Waals surface area contributed by atoms with Crippen LogP contribution < -0.4 is 15.1 Å². The summed E-state index contributed by atoms with van der Waals surface area (Å²) in [6, 6.07) is 17.4. The Labute approximate surface area is 337 Å². The molecule has 7 aliphatic rings. The third-order valence-corrected chi connectivity index (χ3v) is 14.1. The lowest BCUT2D eigenvalue weighted by atomic mass is 9.70. The van der Waals surface area contributed by atoms with Crippen LogP contribution in [-0.4, -0.2) is 95.0 Å². The molecular weight excluding hydrogens is 731 g/mol. The van der Waals surface area contributed by atoms with Crippen LogP contribution >= 0.6 is 0 Å². The van der Waals surface area contributed by atoms with Gasteiger partial charge in [-0.25, -0.2) is 0 Å². The number of fused-ring (bicyclic) bond motifs is 8. The van der Waals surface area contributed by atoms with Crippen molar-refractivity contribution in [3.63, 3.8) is 0 Å². The van der Waals surface area contributed by atoms with E-state index in [1.54, 1.807) is 12.1 Å². The van der Waals surface area contributed by atoms with Gasteiger partial charge in [0, 0.05) is 90.2 Å². The number of hydrogen-bond donors (Lipinski definition) is 2. The summed E-state index contributed by atoms with van der Waals surface area (Å²) >= 11 is 0. The smallest absolute Gasteiger partial charge is 0.262 e. The summed E-state index contributed by atoms with van der Waals surface area (Å²) in [5.41, 5.74) is 8.43. The van der Waals surface area contributed by atoms with Gasteiger partial charge in [0.1, 0.15) is 6.04 Å². The number of ketones is 1. The standard InChI is InChI=1S/C46H47N7O5/c1-4-27-18-34-35(46(2,3)42-40(41(34)55)32-9-5-26(21-47)17-36(32)48-42)20-38(27)50-15-13-25(14-16-50)22-51-23-30-7-6-29(51)24-52(30)28-8-10-31-33(19-28)45(58)53(44(31)57)37-11-12-39(54)49-43(37)56/h5,8-10,17-20,25,29-30,37,48H,4,6-7,11-16,22-24H2,1-3H3,(H,49,54,56). The van der Waals surface area contributed by atoms with Crippen LogP contribution in [0.1, 0.15) is 118 Å². The Balaban J connectivity index is 0.810. The largest absolute Gasteiger partial charge is 0.371 e. The maximum absolute atomic E-state index is 14.2. The number of nitrogens with one attached hydrogen (secondary N) is 2. The summed E-state index contributed by atoms with van der Waals surface area (Å²) in [6.07, 6.45) is 5.47. The molecule has 2 bridgehead atoms. The van der Waals surface area contributed by atoms with Crippen molar-refractivity contribution in [2.75, 3.05) is 42.5 Å². The SMILES string of the molecule is CCc1cc2c(cc1N1CCC(CN3CC4CCC3CN4c3ccc4c(c3)C(=O)N(C3CCC(=O)NC3=O)C4=O)CC1)C(C)(C)c1[nH]c3cc(C#N)ccc3c1C2=O. The van der Waals surface area contributed by atoms with Crippen LogP contribution in [0.15, 0.2) is 48.5 Å². The predicted molar refractivity (Wildman–Crippen MR) is 218 cm³/mol. The molecule has 12 heteroatoms. The number of piperidine rings is 4. The molecule has 5 saturated heterocycles. The van der Waals surface area contributed by atoms with Crippen LogP contribution in [0, 0.1) is 17.2 Å². The number of piperazine rings is 1. The fourth-order valence-corrected chi connectivity index (χ4v) is 10.9. The number of imide groups is 2. The predicted octanol–water partition coefficient (Wildman–Crippen LogP) is 5.44. The third-order valence-electron chi connectivity index (χ3n) is 14.1. The molecule has 4 aromatic rings. The first-order valence-corrected chi connectivity index (χ1v) is 20.8. The van der Waals surface area contributed by atoms with Crippen molar-refractivity contribution in [3.05, 3.63) is 93.2 Å². The first kappa shape index (κ1) is 36.5. The van der Waals surface area contributed by atoms with E-state index in [0.717, 1.165) is 109 Å². The summed E-state index contributed by atoms with van der Waals surface area (Å²) in [7, 11) is 0. The lowest BCUT2D eigenvalue weighted by Gasteiger charge is -2.53. The molecule has 12 nitrogen and oxygen atoms in total. The molecule has 2 N–H and O–H groups in total. The minimum absolute atomic E-state index is 0.0471. The first-order valence-electron chi connectivity index (χ1n) is 20.8. The van der Waals surface area contributed by atoms with Crippen LogP contribution in [0.3, 0.4) is 0 Å². The number of nitriles is 1. The zero-order valence-corrected chi connectivity index (χ0v) is 33.2. The fourth-order valence-electron chi connectivity index (χ4n) is 10.9. The topological polar surface area (TPSA) is 150 Å². The molecule has 3 aromatic carbocycles. The van der Waals surface area contributed by atoms with Crippen molar-refractivity contribution < 1.29 is 24.0 Å². The van der Waals surface area contributed by atoms with Gasteiger partial charge in [-0.1, -0.05) is 26.8 Å². The van der Waals surface area contributed by atoms with Crippen LogP contribution in [0.4, 0.5) is 11.4 Å². The second-order valence-electron chi connectivity index (χ2n) is 17.7. The van der Waals surface area contributed by atoms with Gasteiger partial charge in [-0.2, -0.15) is 5.26 Å². The minimum atomic E-state index is -0.972. The van der Waals surface area contributed by atoms with E-state index in [1.165, 1.54) is 11.3 Å². The van der Waals surface area contributed by atoms with E-state index in [1.807, 2.05) is 24.3 Å². The second-order valence-corrected chi connectivity index (χ2v) is 17.7. The van der Waals surface area contributed by atoms with Crippen molar-refractivity contribution in [1.29, 1.82) is 5.26 Å². The van der Waals surface area contributed by atoms with E-state index in [0.29, 0.717) is 34.7 Å². The van der Waals surface area contributed by atoms with E-state index in [2.05, 4.69) is 64.0 Å². The van der Waals surface area contributed by atoms with E-state index >= 15 is 0 Å². The van der Waals surface area contributed by atoms with Crippen LogP contribution in [0.25, 0.3) is 10.9 Å². The lowest BCUT2D eigenvalue weighted by molar-refractivity contribution is -0.136. The van der Waals surface area contributed by atoms with Crippen molar-refractivity contribution >= 4 is 51.7 Å². The summed E-state index contributed by atoms with van der Waals surface area (Å²) in [6.45, 7) is 11.4. The van der Waals surface area contributed by atoms with Crippen LogP contribution in [0.5, 0.6) is 0 Å². The van der Waals surface area contributed by atoms with E-state index in [-0.39, 0.29) is 24.5 Å². The number of amides is 4. The Morgan fingerprint density at radius 1 is 0.845 bits per heavy atom. The van der Waals surface area contributed by atoms with Gasteiger partial charge in [-0.15, -0.1) is 0 Å². The van der Waals surface area contributed by atoms with Crippen LogP contribution in [0.2, 0.25) is 0 Å². The second kappa shape index (κ2) is 13.4. The summed E-state index contributed by atoms with van der Waals surface area (Å²) in [5, 5.41) is 12.6. The van der Waals surface area contributed by atoms with Gasteiger partial charge >= 0.3 is 0 Å². The zero-order chi connectivity index (χ0) is 40.2. The van der Waals surface area contributed by atoms with Crippen molar-refractivity contribution in [1.82, 2.24) is 20.1 Å². The number of aryl methyl sites for hydroxylation is 1. The number of anilines is 2. The van der Waals surface area contributed by atoms with Crippen molar-refractivity contribution in [2.24, 2.45) is 5.92 Å². The van der Waals surface area contributed by atoms with Gasteiger partial charge in [0.25, 0.3) is 11.8 Å². The maximum Gasteiger partial charge on any atom is 0.262 e. The fraction of sp³-hybridized carbons (Fsp3) is 0.435. The average molecular weight is 778 g/mol. The molecule has 58 heavy (non-hydrogen) atoms. The molecular formula is C46H47N7O5. The molecule has 3 atom stereocenters. The highest BCUT2D eigenvalue weighted by atomic mass is 16.2. The highest BCUT2D eigenvalue weighted by Gasteiger charge is 2.46. The number of hydrogen-bond acceptors (Lipinski definition) is 9. The molecule has 1 aliphatic carbocycles. The van der Waals surface area contributed by atoms with Crippen molar-refractivity contribution in [2.45, 2.75) is 89.3 Å². The Hall–Kier alpha value is -5.80. The average Bonchev–Trinajstić information content (AvgIpc) is 3.74. The summed E-state index contributed by atoms with van der Waals surface area (Å²) in [4.78, 5) is 77.4. The van der Waals surface area contributed by atoms with E-state index < -0.39 is 29.2 Å². The van der Waals surface area contributed by atoms with Gasteiger partial charge in [-0.3, -0.25) is 39.1 Å². The number of H-pyrrole nitrogens is 1. The number of nitrogens with zero attached hydrogens (tertiary/aromatic N) is 5. The molecule has 7 heterocycles. The monoisotopic (exact) mass is 777 g/mol. The van der Waals surface area contributed by atoms with Gasteiger partial charge in [-0.05, 0) is 98.0 Å². The van der Waals surface area contributed by atoms with E-state index in [4.69, 9.17) is 0 Å². The molecule has 0 saturated carbocycles. The Kier molecular flexibility index (Phi) is 8.43. The molecule has 296 valence electrons. The number of carbonyl (C=O) groups is 5. The lowest BCUT2D eigenvalue weighted by Crippen LogP contribution is -2.63. The maximum atomic E-state index is 14.2. The number of carbonyl (C=O) groups excluding carboxylic acids is 5. The van der Waals surface area contributed by atoms with Gasteiger partial charge in [0.05, 0.1) is 28.3 Å². The Morgan fingerprint density at radius 3 is 2.34 bits per heavy atom. The van der Waals surface area contributed by atoms with Crippen LogP contribution in [-0.2, 0) is 21.4 Å². The molecule has 11 rings (SSSR count). The quantitative estimate of drug-likeness (QED) is 0.244. The van der Waals surface area contributed by atoms with Gasteiger partial charge < -0.3 is 14.8 Å². The molecule has 5 fully saturated rings. The molecule has 0 radical (unpaired) electrons. The Morgan fingerprint density at radius 2 is 1.62 bits per heavy atom. The molecule has 6 aliphatic heterocycles. The normalized spacial score (nSPS) is 24.3. The molecule has 1 aromatic heterocycles. The number of aromatic amines is 1. The van der Waals surface area contributed by atoms with E-state index in [9.17, 15) is 29.2 Å². The van der Waals surface area contributed by atoms with Gasteiger partial charge in [0.15, 0.2) is 5.78 Å². The number of aromatic nitrogens is 1. The summed E-state index contributed by atoms with van der Waals surface area (Å²) in [5.74, 6) is -1.30. The molecule has 3 unspecified atom stereocenters. The van der Waals surface area contributed by atoms with Gasteiger partial charge in [0.2, 0.25) is 11.8 Å². The highest BCUT2D eigenvalue weighted by molar-refractivity contribution is 6.24. The molecule has 4 amide bonds. The Bertz CT molecular complexity index is 2520. The zero-order valence-electron chi connectivity index (χ0n) is 33.2. The summed E-state index contributed by atoms with van der Waals surface area (Å²) < 4.78 is 0. The highest BCUT2D eigenvalue weighted by Crippen LogP contribution is 2.46. The van der Waals surface area contributed by atoms with Crippen molar-refractivity contribution in [3.8, 4) is 6.07 Å². The first-order chi connectivity index (χ1) is 27.9.